The van der Waals surface area contributed by atoms with Gasteiger partial charge in [-0.25, -0.2) is 9.37 Å². The Balaban J connectivity index is 1.68. The van der Waals surface area contributed by atoms with Crippen molar-refractivity contribution in [2.45, 2.75) is 13.3 Å². The SMILES string of the molecule is Cc1nc2cc(-c3noc(Cc4ccc(F)cc4)n3)ccc2n(C)c1=O. The second kappa shape index (κ2) is 6.18. The van der Waals surface area contributed by atoms with Crippen LogP contribution in [-0.2, 0) is 13.5 Å². The lowest BCUT2D eigenvalue weighted by Gasteiger charge is -2.06. The zero-order valence-corrected chi connectivity index (χ0v) is 14.2. The summed E-state index contributed by atoms with van der Waals surface area (Å²) >= 11 is 0. The molecule has 4 aromatic rings. The van der Waals surface area contributed by atoms with Gasteiger partial charge in [0.15, 0.2) is 0 Å². The maximum absolute atomic E-state index is 13.0. The minimum absolute atomic E-state index is 0.119. The average molecular weight is 350 g/mol. The Bertz CT molecular complexity index is 1160. The van der Waals surface area contributed by atoms with Gasteiger partial charge in [0.2, 0.25) is 11.7 Å². The Morgan fingerprint density at radius 3 is 2.65 bits per heavy atom. The summed E-state index contributed by atoms with van der Waals surface area (Å²) < 4.78 is 19.9. The van der Waals surface area contributed by atoms with Crippen LogP contribution in [0.3, 0.4) is 0 Å². The predicted octanol–water partition coefficient (Wildman–Crippen LogP) is 3.02. The quantitative estimate of drug-likeness (QED) is 0.568. The maximum atomic E-state index is 13.0. The van der Waals surface area contributed by atoms with Gasteiger partial charge in [-0.15, -0.1) is 0 Å². The molecule has 0 spiro atoms. The summed E-state index contributed by atoms with van der Waals surface area (Å²) in [6.45, 7) is 1.68. The van der Waals surface area contributed by atoms with E-state index < -0.39 is 0 Å². The third kappa shape index (κ3) is 2.88. The number of benzene rings is 2. The smallest absolute Gasteiger partial charge is 0.272 e. The molecule has 4 rings (SSSR count). The zero-order valence-electron chi connectivity index (χ0n) is 14.2. The Morgan fingerprint density at radius 2 is 1.88 bits per heavy atom. The van der Waals surface area contributed by atoms with E-state index in [1.165, 1.54) is 12.1 Å². The topological polar surface area (TPSA) is 73.8 Å². The van der Waals surface area contributed by atoms with Crippen LogP contribution in [0.2, 0.25) is 0 Å². The molecule has 7 heteroatoms. The Labute approximate surface area is 147 Å². The van der Waals surface area contributed by atoms with E-state index in [4.69, 9.17) is 4.52 Å². The van der Waals surface area contributed by atoms with Crippen molar-refractivity contribution in [3.05, 3.63) is 75.8 Å². The van der Waals surface area contributed by atoms with Gasteiger partial charge in [0.05, 0.1) is 17.5 Å². The first-order chi connectivity index (χ1) is 12.5. The number of fused-ring (bicyclic) bond motifs is 1. The molecular formula is C19H15FN4O2. The van der Waals surface area contributed by atoms with Gasteiger partial charge < -0.3 is 9.09 Å². The number of hydrogen-bond acceptors (Lipinski definition) is 5. The molecule has 0 saturated heterocycles. The van der Waals surface area contributed by atoms with E-state index in [9.17, 15) is 9.18 Å². The Morgan fingerprint density at radius 1 is 1.12 bits per heavy atom. The molecule has 0 fully saturated rings. The van der Waals surface area contributed by atoms with Gasteiger partial charge in [-0.3, -0.25) is 4.79 Å². The summed E-state index contributed by atoms with van der Waals surface area (Å²) in [5.41, 5.74) is 3.37. The van der Waals surface area contributed by atoms with E-state index >= 15 is 0 Å². The molecule has 2 heterocycles. The van der Waals surface area contributed by atoms with Gasteiger partial charge in [-0.05, 0) is 42.8 Å². The first-order valence-electron chi connectivity index (χ1n) is 8.06. The summed E-state index contributed by atoms with van der Waals surface area (Å²) in [7, 11) is 1.72. The van der Waals surface area contributed by atoms with Gasteiger partial charge in [0.1, 0.15) is 11.5 Å². The molecule has 6 nitrogen and oxygen atoms in total. The molecule has 0 radical (unpaired) electrons. The summed E-state index contributed by atoms with van der Waals surface area (Å²) in [5.74, 6) is 0.599. The van der Waals surface area contributed by atoms with E-state index in [2.05, 4.69) is 15.1 Å². The van der Waals surface area contributed by atoms with Gasteiger partial charge in [-0.2, -0.15) is 4.98 Å². The molecule has 130 valence electrons. The zero-order chi connectivity index (χ0) is 18.3. The van der Waals surface area contributed by atoms with Gasteiger partial charge in [0.25, 0.3) is 5.56 Å². The standard InChI is InChI=1S/C19H15FN4O2/c1-11-19(25)24(2)16-8-5-13(10-15(16)21-11)18-22-17(26-23-18)9-12-3-6-14(20)7-4-12/h3-8,10H,9H2,1-2H3. The first kappa shape index (κ1) is 16.1. The lowest BCUT2D eigenvalue weighted by Crippen LogP contribution is -2.21. The van der Waals surface area contributed by atoms with Crippen LogP contribution in [0.1, 0.15) is 17.1 Å². The van der Waals surface area contributed by atoms with Crippen molar-refractivity contribution < 1.29 is 8.91 Å². The Hall–Kier alpha value is -3.35. The van der Waals surface area contributed by atoms with Crippen LogP contribution in [0.5, 0.6) is 0 Å². The number of aromatic nitrogens is 4. The molecule has 0 saturated carbocycles. The van der Waals surface area contributed by atoms with Crippen molar-refractivity contribution in [2.75, 3.05) is 0 Å². The normalized spacial score (nSPS) is 11.2. The Kier molecular flexibility index (Phi) is 3.84. The summed E-state index contributed by atoms with van der Waals surface area (Å²) in [6.07, 6.45) is 0.423. The molecule has 0 unspecified atom stereocenters. The highest BCUT2D eigenvalue weighted by Gasteiger charge is 2.12. The van der Waals surface area contributed by atoms with Crippen molar-refractivity contribution in [3.63, 3.8) is 0 Å². The molecule has 0 aliphatic rings. The van der Waals surface area contributed by atoms with Crippen molar-refractivity contribution in [1.82, 2.24) is 19.7 Å². The van der Waals surface area contributed by atoms with Crippen LogP contribution < -0.4 is 5.56 Å². The van der Waals surface area contributed by atoms with Crippen LogP contribution in [0.4, 0.5) is 4.39 Å². The highest BCUT2D eigenvalue weighted by molar-refractivity contribution is 5.80. The van der Waals surface area contributed by atoms with Gasteiger partial charge in [-0.1, -0.05) is 17.3 Å². The van der Waals surface area contributed by atoms with Crippen molar-refractivity contribution in [1.29, 1.82) is 0 Å². The number of rotatable bonds is 3. The van der Waals surface area contributed by atoms with Gasteiger partial charge in [0, 0.05) is 12.6 Å². The van der Waals surface area contributed by atoms with E-state index in [-0.39, 0.29) is 11.4 Å². The number of halogens is 1. The van der Waals surface area contributed by atoms with Crippen LogP contribution in [-0.4, -0.2) is 19.7 Å². The second-order valence-corrected chi connectivity index (χ2v) is 6.08. The molecule has 0 aliphatic heterocycles. The molecule has 0 N–H and O–H groups in total. The average Bonchev–Trinajstić information content (AvgIpc) is 3.10. The third-order valence-electron chi connectivity index (χ3n) is 4.23. The molecule has 0 atom stereocenters. The molecule has 0 amide bonds. The fraction of sp³-hybridized carbons (Fsp3) is 0.158. The van der Waals surface area contributed by atoms with Crippen LogP contribution in [0.25, 0.3) is 22.4 Å². The molecule has 2 aromatic heterocycles. The van der Waals surface area contributed by atoms with Crippen LogP contribution in [0.15, 0.2) is 51.8 Å². The minimum atomic E-state index is -0.284. The fourth-order valence-corrected chi connectivity index (χ4v) is 2.84. The predicted molar refractivity (Wildman–Crippen MR) is 94.2 cm³/mol. The summed E-state index contributed by atoms with van der Waals surface area (Å²) in [6, 6.07) is 11.6. The lowest BCUT2D eigenvalue weighted by atomic mass is 10.1. The number of hydrogen-bond donors (Lipinski definition) is 0. The monoisotopic (exact) mass is 350 g/mol. The molecular weight excluding hydrogens is 335 g/mol. The largest absolute Gasteiger partial charge is 0.339 e. The molecule has 2 aromatic carbocycles. The number of aryl methyl sites for hydroxylation is 2. The molecule has 0 bridgehead atoms. The van der Waals surface area contributed by atoms with E-state index in [1.54, 1.807) is 30.7 Å². The second-order valence-electron chi connectivity index (χ2n) is 6.08. The van der Waals surface area contributed by atoms with E-state index in [0.29, 0.717) is 29.3 Å². The van der Waals surface area contributed by atoms with Gasteiger partial charge >= 0.3 is 0 Å². The summed E-state index contributed by atoms with van der Waals surface area (Å²) in [4.78, 5) is 20.7. The van der Waals surface area contributed by atoms with Crippen molar-refractivity contribution in [3.8, 4) is 11.4 Å². The highest BCUT2D eigenvalue weighted by atomic mass is 19.1. The highest BCUT2D eigenvalue weighted by Crippen LogP contribution is 2.21. The maximum Gasteiger partial charge on any atom is 0.272 e. The molecule has 26 heavy (non-hydrogen) atoms. The van der Waals surface area contributed by atoms with E-state index in [0.717, 1.165) is 16.6 Å². The number of nitrogens with zero attached hydrogens (tertiary/aromatic N) is 4. The van der Waals surface area contributed by atoms with Crippen molar-refractivity contribution in [2.24, 2.45) is 7.05 Å². The van der Waals surface area contributed by atoms with Crippen LogP contribution in [0, 0.1) is 12.7 Å². The minimum Gasteiger partial charge on any atom is -0.339 e. The summed E-state index contributed by atoms with van der Waals surface area (Å²) in [5, 5.41) is 4.01. The van der Waals surface area contributed by atoms with Crippen LogP contribution >= 0.6 is 0 Å². The fourth-order valence-electron chi connectivity index (χ4n) is 2.84. The van der Waals surface area contributed by atoms with E-state index in [1.807, 2.05) is 18.2 Å². The lowest BCUT2D eigenvalue weighted by molar-refractivity contribution is 0.385. The molecule has 0 aliphatic carbocycles. The third-order valence-corrected chi connectivity index (χ3v) is 4.23. The van der Waals surface area contributed by atoms with Crippen molar-refractivity contribution >= 4 is 11.0 Å². The first-order valence-corrected chi connectivity index (χ1v) is 8.06.